The Balaban J connectivity index is 0.000000405. The molecule has 2 aromatic rings. The Bertz CT molecular complexity index is 1250. The van der Waals surface area contributed by atoms with Crippen molar-refractivity contribution in [3.8, 4) is 0 Å². The Labute approximate surface area is 214 Å². The van der Waals surface area contributed by atoms with Gasteiger partial charge in [0.15, 0.2) is 9.84 Å². The monoisotopic (exact) mass is 540 g/mol. The molecule has 202 valence electrons. The third kappa shape index (κ3) is 6.23. The fraction of sp³-hybridized carbons (Fsp3) is 0.560. The van der Waals surface area contributed by atoms with Crippen molar-refractivity contribution >= 4 is 21.8 Å². The van der Waals surface area contributed by atoms with Crippen LogP contribution in [0.3, 0.4) is 0 Å². The Hall–Kier alpha value is -2.73. The average molecular weight is 541 g/mol. The van der Waals surface area contributed by atoms with Gasteiger partial charge in [-0.05, 0) is 36.8 Å². The number of aromatic nitrogens is 2. The zero-order valence-electron chi connectivity index (χ0n) is 20.8. The van der Waals surface area contributed by atoms with Crippen molar-refractivity contribution in [2.45, 2.75) is 56.3 Å². The normalized spacial score (nSPS) is 25.0. The summed E-state index contributed by atoms with van der Waals surface area (Å²) in [6.45, 7) is 8.45. The van der Waals surface area contributed by atoms with Crippen LogP contribution in [-0.4, -0.2) is 72.0 Å². The molecule has 2 saturated heterocycles. The molecule has 0 bridgehead atoms. The average Bonchev–Trinajstić information content (AvgIpc) is 3.25. The number of anilines is 1. The molecule has 1 aromatic carbocycles. The number of sulfone groups is 1. The van der Waals surface area contributed by atoms with Crippen molar-refractivity contribution in [2.24, 2.45) is 5.92 Å². The highest BCUT2D eigenvalue weighted by Gasteiger charge is 2.47. The van der Waals surface area contributed by atoms with Crippen LogP contribution in [0.15, 0.2) is 30.5 Å². The summed E-state index contributed by atoms with van der Waals surface area (Å²) in [6.07, 6.45) is -0.904. The molecule has 3 aliphatic rings. The number of carbonyl (C=O) groups is 1. The smallest absolute Gasteiger partial charge is 0.475 e. The van der Waals surface area contributed by atoms with E-state index in [2.05, 4.69) is 46.8 Å². The molecule has 2 fully saturated rings. The van der Waals surface area contributed by atoms with Gasteiger partial charge in [0.1, 0.15) is 0 Å². The Morgan fingerprint density at radius 1 is 1.19 bits per heavy atom. The number of aryl methyl sites for hydroxylation is 1. The lowest BCUT2D eigenvalue weighted by atomic mass is 9.99. The minimum absolute atomic E-state index is 0.0632. The Morgan fingerprint density at radius 2 is 1.89 bits per heavy atom. The van der Waals surface area contributed by atoms with E-state index in [1.165, 1.54) is 17.5 Å². The summed E-state index contributed by atoms with van der Waals surface area (Å²) < 4.78 is 57.8. The topological polar surface area (TPSA) is 104 Å². The zero-order chi connectivity index (χ0) is 27.0. The molecule has 0 spiro atoms. The van der Waals surface area contributed by atoms with Crippen LogP contribution in [-0.2, 0) is 26.9 Å². The molecule has 12 heteroatoms. The molecule has 37 heavy (non-hydrogen) atoms. The van der Waals surface area contributed by atoms with Gasteiger partial charge in [-0.2, -0.15) is 13.2 Å². The van der Waals surface area contributed by atoms with E-state index in [1.807, 2.05) is 6.07 Å². The SMILES string of the molecule is Cc1ccccc1CN1C[C@@H]2c3nc(N4CCCC(C)C4)ncc3CS(=O)(=O)[C@@H]2C1.O=C(O)C(F)(F)F. The van der Waals surface area contributed by atoms with Crippen molar-refractivity contribution in [1.82, 2.24) is 14.9 Å². The first-order valence-electron chi connectivity index (χ1n) is 12.2. The molecule has 8 nitrogen and oxygen atoms in total. The van der Waals surface area contributed by atoms with Gasteiger partial charge in [0.2, 0.25) is 5.95 Å². The van der Waals surface area contributed by atoms with Gasteiger partial charge in [-0.1, -0.05) is 31.2 Å². The summed E-state index contributed by atoms with van der Waals surface area (Å²) in [5.41, 5.74) is 4.27. The van der Waals surface area contributed by atoms with Crippen molar-refractivity contribution in [3.63, 3.8) is 0 Å². The van der Waals surface area contributed by atoms with Gasteiger partial charge in [-0.15, -0.1) is 0 Å². The fourth-order valence-electron chi connectivity index (χ4n) is 5.33. The van der Waals surface area contributed by atoms with Crippen LogP contribution >= 0.6 is 0 Å². The van der Waals surface area contributed by atoms with Gasteiger partial charge < -0.3 is 10.0 Å². The molecule has 3 atom stereocenters. The van der Waals surface area contributed by atoms with Crippen LogP contribution in [0.2, 0.25) is 0 Å². The first-order valence-corrected chi connectivity index (χ1v) is 14.0. The molecule has 0 saturated carbocycles. The molecule has 0 amide bonds. The van der Waals surface area contributed by atoms with E-state index >= 15 is 0 Å². The quantitative estimate of drug-likeness (QED) is 0.631. The highest BCUT2D eigenvalue weighted by atomic mass is 32.2. The number of aliphatic carboxylic acids is 1. The Morgan fingerprint density at radius 3 is 2.54 bits per heavy atom. The van der Waals surface area contributed by atoms with Crippen molar-refractivity contribution in [1.29, 1.82) is 0 Å². The van der Waals surface area contributed by atoms with Gasteiger partial charge in [0, 0.05) is 50.4 Å². The minimum atomic E-state index is -5.08. The molecular weight excluding hydrogens is 509 g/mol. The number of nitrogens with zero attached hydrogens (tertiary/aromatic N) is 4. The number of benzene rings is 1. The van der Waals surface area contributed by atoms with E-state index in [0.29, 0.717) is 12.5 Å². The summed E-state index contributed by atoms with van der Waals surface area (Å²) in [5.74, 6) is -1.34. The number of fused-ring (bicyclic) bond motifs is 3. The Kier molecular flexibility index (Phi) is 7.80. The number of piperidine rings is 1. The lowest BCUT2D eigenvalue weighted by Crippen LogP contribution is -2.38. The first-order chi connectivity index (χ1) is 17.3. The van der Waals surface area contributed by atoms with Gasteiger partial charge >= 0.3 is 12.1 Å². The van der Waals surface area contributed by atoms with E-state index in [-0.39, 0.29) is 16.9 Å². The molecule has 1 aromatic heterocycles. The number of rotatable bonds is 3. The molecule has 1 unspecified atom stereocenters. The predicted molar refractivity (Wildman–Crippen MR) is 132 cm³/mol. The van der Waals surface area contributed by atoms with Gasteiger partial charge in [-0.3, -0.25) is 4.90 Å². The molecule has 0 radical (unpaired) electrons. The highest BCUT2D eigenvalue weighted by Crippen LogP contribution is 2.40. The largest absolute Gasteiger partial charge is 0.490 e. The van der Waals surface area contributed by atoms with Gasteiger partial charge in [-0.25, -0.2) is 23.2 Å². The van der Waals surface area contributed by atoms with Crippen LogP contribution in [0, 0.1) is 12.8 Å². The molecule has 3 aliphatic heterocycles. The summed E-state index contributed by atoms with van der Waals surface area (Å²) in [5, 5.41) is 6.76. The molecule has 0 aliphatic carbocycles. The fourth-order valence-corrected chi connectivity index (χ4v) is 7.35. The number of halogens is 3. The number of carboxylic acid groups (broad SMARTS) is 1. The lowest BCUT2D eigenvalue weighted by Gasteiger charge is -2.32. The van der Waals surface area contributed by atoms with Crippen molar-refractivity contribution in [3.05, 3.63) is 52.8 Å². The summed E-state index contributed by atoms with van der Waals surface area (Å²) in [7, 11) is -3.19. The van der Waals surface area contributed by atoms with Crippen LogP contribution in [0.5, 0.6) is 0 Å². The maximum atomic E-state index is 13.0. The van der Waals surface area contributed by atoms with Crippen LogP contribution in [0.1, 0.15) is 48.1 Å². The molecule has 1 N–H and O–H groups in total. The second-order valence-corrected chi connectivity index (χ2v) is 12.4. The lowest BCUT2D eigenvalue weighted by molar-refractivity contribution is -0.192. The minimum Gasteiger partial charge on any atom is -0.475 e. The van der Waals surface area contributed by atoms with E-state index in [9.17, 15) is 21.6 Å². The third-order valence-corrected chi connectivity index (χ3v) is 9.35. The van der Waals surface area contributed by atoms with E-state index in [4.69, 9.17) is 14.9 Å². The van der Waals surface area contributed by atoms with E-state index in [0.717, 1.165) is 49.8 Å². The summed E-state index contributed by atoms with van der Waals surface area (Å²) >= 11 is 0. The standard InChI is InChI=1S/C23H30N4O2S.C2HF3O2/c1-16-6-5-9-27(11-16)23-24-10-19-15-30(28,29)21-14-26(13-20(21)22(19)25-23)12-18-8-4-3-7-17(18)2;3-2(4,5)1(6)7/h3-4,7-8,10,16,20-21H,5-6,9,11-15H2,1-2H3;(H,6,7)/t16?,20-,21+;/m0./s1. The second-order valence-electron chi connectivity index (χ2n) is 10.1. The molecular formula is C25H31F3N4O4S. The number of hydrogen-bond acceptors (Lipinski definition) is 7. The van der Waals surface area contributed by atoms with Crippen LogP contribution < -0.4 is 4.90 Å². The zero-order valence-corrected chi connectivity index (χ0v) is 21.6. The van der Waals surface area contributed by atoms with Gasteiger partial charge in [0.25, 0.3) is 0 Å². The summed E-state index contributed by atoms with van der Waals surface area (Å²) in [4.78, 5) is 23.0. The maximum Gasteiger partial charge on any atom is 0.490 e. The van der Waals surface area contributed by atoms with Crippen molar-refractivity contribution in [2.75, 3.05) is 31.1 Å². The predicted octanol–water partition coefficient (Wildman–Crippen LogP) is 3.55. The number of likely N-dealkylation sites (tertiary alicyclic amines) is 1. The highest BCUT2D eigenvalue weighted by molar-refractivity contribution is 7.91. The van der Waals surface area contributed by atoms with Crippen LogP contribution in [0.25, 0.3) is 0 Å². The maximum absolute atomic E-state index is 13.0. The van der Waals surface area contributed by atoms with E-state index < -0.39 is 22.0 Å². The summed E-state index contributed by atoms with van der Waals surface area (Å²) in [6, 6.07) is 8.35. The van der Waals surface area contributed by atoms with Crippen LogP contribution in [0.4, 0.5) is 19.1 Å². The third-order valence-electron chi connectivity index (χ3n) is 7.23. The van der Waals surface area contributed by atoms with Crippen molar-refractivity contribution < 1.29 is 31.5 Å². The first kappa shape index (κ1) is 27.3. The van der Waals surface area contributed by atoms with Gasteiger partial charge in [0.05, 0.1) is 16.7 Å². The number of alkyl halides is 3. The van der Waals surface area contributed by atoms with E-state index in [1.54, 1.807) is 6.20 Å². The number of carboxylic acids is 1. The second kappa shape index (κ2) is 10.6. The molecule has 4 heterocycles. The number of hydrogen-bond donors (Lipinski definition) is 1. The molecule has 5 rings (SSSR count).